The molecule has 0 saturated carbocycles. The zero-order valence-corrected chi connectivity index (χ0v) is 18.2. The molecule has 162 valence electrons. The number of rotatable bonds is 7. The van der Waals surface area contributed by atoms with Crippen LogP contribution in [0, 0.1) is 0 Å². The van der Waals surface area contributed by atoms with Crippen LogP contribution in [0.3, 0.4) is 0 Å². The van der Waals surface area contributed by atoms with Gasteiger partial charge in [-0.3, -0.25) is 9.69 Å². The summed E-state index contributed by atoms with van der Waals surface area (Å²) in [5, 5.41) is 0. The summed E-state index contributed by atoms with van der Waals surface area (Å²) in [6, 6.07) is 12.4. The molecule has 1 aliphatic rings. The zero-order valence-electron chi connectivity index (χ0n) is 18.2. The van der Waals surface area contributed by atoms with Crippen molar-refractivity contribution in [1.29, 1.82) is 0 Å². The van der Waals surface area contributed by atoms with E-state index in [1.807, 2.05) is 6.92 Å². The molecule has 0 saturated heterocycles. The molecular weight excluding hydrogens is 398 g/mol. The Morgan fingerprint density at radius 2 is 1.74 bits per heavy atom. The number of anilines is 1. The molecule has 0 fully saturated rings. The molecule has 3 rings (SSSR count). The maximum atomic E-state index is 13.4. The second-order valence-electron chi connectivity index (χ2n) is 6.66. The van der Waals surface area contributed by atoms with Crippen LogP contribution >= 0.6 is 0 Å². The summed E-state index contributed by atoms with van der Waals surface area (Å²) < 4.78 is 21.2. The maximum Gasteiger partial charge on any atom is 0.340 e. The van der Waals surface area contributed by atoms with E-state index in [2.05, 4.69) is 0 Å². The monoisotopic (exact) mass is 423 g/mol. The summed E-state index contributed by atoms with van der Waals surface area (Å²) in [7, 11) is 4.34. The summed E-state index contributed by atoms with van der Waals surface area (Å²) in [6.45, 7) is 4.16. The highest BCUT2D eigenvalue weighted by atomic mass is 16.5. The Morgan fingerprint density at radius 1 is 1.03 bits per heavy atom. The lowest BCUT2D eigenvalue weighted by molar-refractivity contribution is -0.136. The molecule has 1 amide bonds. The van der Waals surface area contributed by atoms with Crippen LogP contribution in [0.4, 0.5) is 5.69 Å². The number of hydrogen-bond donors (Lipinski definition) is 0. The highest BCUT2D eigenvalue weighted by molar-refractivity contribution is 6.24. The van der Waals surface area contributed by atoms with E-state index in [1.165, 1.54) is 26.2 Å². The molecule has 0 N–H and O–H groups in total. The van der Waals surface area contributed by atoms with E-state index < -0.39 is 5.97 Å². The van der Waals surface area contributed by atoms with Gasteiger partial charge in [0, 0.05) is 16.9 Å². The minimum atomic E-state index is -0.590. The standard InChI is InChI=1S/C24H25NO6/c1-6-31-18-12-10-17(11-13-18)25-15(2)21(24(27)30-5)19(23(25)26)14-16-8-7-9-20(28-3)22(16)29-4/h7-14H,6H2,1-5H3/b19-14-. The van der Waals surface area contributed by atoms with Crippen molar-refractivity contribution < 1.29 is 28.5 Å². The molecule has 1 aliphatic heterocycles. The average Bonchev–Trinajstić information content (AvgIpc) is 3.03. The number of amides is 1. The summed E-state index contributed by atoms with van der Waals surface area (Å²) >= 11 is 0. The van der Waals surface area contributed by atoms with E-state index in [1.54, 1.807) is 55.5 Å². The Balaban J connectivity index is 2.12. The van der Waals surface area contributed by atoms with Crippen LogP contribution in [-0.2, 0) is 14.3 Å². The molecule has 0 aromatic heterocycles. The average molecular weight is 423 g/mol. The van der Waals surface area contributed by atoms with Crippen molar-refractivity contribution in [2.24, 2.45) is 0 Å². The van der Waals surface area contributed by atoms with Crippen LogP contribution < -0.4 is 19.1 Å². The number of methoxy groups -OCH3 is 3. The Kier molecular flexibility index (Phi) is 6.65. The first-order valence-electron chi connectivity index (χ1n) is 9.76. The number of allylic oxidation sites excluding steroid dienone is 1. The van der Waals surface area contributed by atoms with E-state index in [9.17, 15) is 9.59 Å². The second kappa shape index (κ2) is 9.38. The molecule has 0 spiro atoms. The first-order valence-corrected chi connectivity index (χ1v) is 9.76. The van der Waals surface area contributed by atoms with E-state index in [0.29, 0.717) is 40.8 Å². The third-order valence-electron chi connectivity index (χ3n) is 4.93. The Bertz CT molecular complexity index is 1050. The van der Waals surface area contributed by atoms with Crippen LogP contribution in [-0.4, -0.2) is 39.8 Å². The van der Waals surface area contributed by atoms with Crippen molar-refractivity contribution in [3.63, 3.8) is 0 Å². The summed E-state index contributed by atoms with van der Waals surface area (Å²) in [4.78, 5) is 27.5. The highest BCUT2D eigenvalue weighted by Gasteiger charge is 2.38. The van der Waals surface area contributed by atoms with Crippen LogP contribution in [0.25, 0.3) is 6.08 Å². The lowest BCUT2D eigenvalue weighted by Gasteiger charge is -2.18. The Labute approximate surface area is 181 Å². The molecule has 1 heterocycles. The van der Waals surface area contributed by atoms with Gasteiger partial charge in [0.15, 0.2) is 11.5 Å². The van der Waals surface area contributed by atoms with Crippen LogP contribution in [0.1, 0.15) is 19.4 Å². The van der Waals surface area contributed by atoms with Gasteiger partial charge < -0.3 is 18.9 Å². The molecule has 7 nitrogen and oxygen atoms in total. The van der Waals surface area contributed by atoms with Crippen LogP contribution in [0.5, 0.6) is 17.2 Å². The fourth-order valence-corrected chi connectivity index (χ4v) is 3.53. The van der Waals surface area contributed by atoms with Gasteiger partial charge in [0.2, 0.25) is 0 Å². The first-order chi connectivity index (χ1) is 15.0. The molecule has 2 aromatic rings. The lowest BCUT2D eigenvalue weighted by atomic mass is 10.0. The molecule has 0 aliphatic carbocycles. The van der Waals surface area contributed by atoms with Crippen molar-refractivity contribution in [2.75, 3.05) is 32.8 Å². The fourth-order valence-electron chi connectivity index (χ4n) is 3.53. The van der Waals surface area contributed by atoms with E-state index in [0.717, 1.165) is 0 Å². The number of benzene rings is 2. The molecule has 0 unspecified atom stereocenters. The zero-order chi connectivity index (χ0) is 22.5. The number of carbonyl (C=O) groups is 2. The molecule has 0 bridgehead atoms. The normalized spacial score (nSPS) is 14.8. The van der Waals surface area contributed by atoms with E-state index >= 15 is 0 Å². The third kappa shape index (κ3) is 4.12. The topological polar surface area (TPSA) is 74.3 Å². The van der Waals surface area contributed by atoms with Crippen molar-refractivity contribution >= 4 is 23.6 Å². The van der Waals surface area contributed by atoms with Crippen molar-refractivity contribution in [3.8, 4) is 17.2 Å². The molecular formula is C24H25NO6. The van der Waals surface area contributed by atoms with E-state index in [4.69, 9.17) is 18.9 Å². The van der Waals surface area contributed by atoms with Crippen molar-refractivity contribution in [1.82, 2.24) is 0 Å². The third-order valence-corrected chi connectivity index (χ3v) is 4.93. The number of para-hydroxylation sites is 1. The maximum absolute atomic E-state index is 13.4. The van der Waals surface area contributed by atoms with Gasteiger partial charge in [-0.1, -0.05) is 12.1 Å². The van der Waals surface area contributed by atoms with Gasteiger partial charge in [-0.2, -0.15) is 0 Å². The number of hydrogen-bond acceptors (Lipinski definition) is 6. The SMILES string of the molecule is CCOc1ccc(N2C(=O)/C(=C\c3cccc(OC)c3OC)C(C(=O)OC)=C2C)cc1. The van der Waals surface area contributed by atoms with Gasteiger partial charge in [-0.25, -0.2) is 4.79 Å². The van der Waals surface area contributed by atoms with Gasteiger partial charge in [-0.05, 0) is 50.3 Å². The highest BCUT2D eigenvalue weighted by Crippen LogP contribution is 2.38. The molecule has 0 radical (unpaired) electrons. The summed E-state index contributed by atoms with van der Waals surface area (Å²) in [5.74, 6) is 0.751. The number of ether oxygens (including phenoxy) is 4. The van der Waals surface area contributed by atoms with Crippen molar-refractivity contribution in [3.05, 3.63) is 64.9 Å². The predicted octanol–water partition coefficient (Wildman–Crippen LogP) is 3.98. The van der Waals surface area contributed by atoms with Gasteiger partial charge in [0.1, 0.15) is 5.75 Å². The Morgan fingerprint density at radius 3 is 2.32 bits per heavy atom. The van der Waals surface area contributed by atoms with Crippen LogP contribution in [0.15, 0.2) is 59.3 Å². The number of carbonyl (C=O) groups excluding carboxylic acids is 2. The van der Waals surface area contributed by atoms with Gasteiger partial charge in [0.25, 0.3) is 5.91 Å². The molecule has 31 heavy (non-hydrogen) atoms. The van der Waals surface area contributed by atoms with Gasteiger partial charge in [0.05, 0.1) is 39.1 Å². The minimum Gasteiger partial charge on any atom is -0.494 e. The van der Waals surface area contributed by atoms with Gasteiger partial charge >= 0.3 is 5.97 Å². The largest absolute Gasteiger partial charge is 0.494 e. The van der Waals surface area contributed by atoms with Crippen molar-refractivity contribution in [2.45, 2.75) is 13.8 Å². The van der Waals surface area contributed by atoms with E-state index in [-0.39, 0.29) is 17.1 Å². The fraction of sp³-hybridized carbons (Fsp3) is 0.250. The summed E-state index contributed by atoms with van der Waals surface area (Å²) in [5.41, 5.74) is 2.12. The quantitative estimate of drug-likeness (QED) is 0.495. The Hall–Kier alpha value is -3.74. The number of esters is 1. The summed E-state index contributed by atoms with van der Waals surface area (Å²) in [6.07, 6.45) is 1.62. The lowest BCUT2D eigenvalue weighted by Crippen LogP contribution is -2.24. The first kappa shape index (κ1) is 22.0. The van der Waals surface area contributed by atoms with Gasteiger partial charge in [-0.15, -0.1) is 0 Å². The number of nitrogens with zero attached hydrogens (tertiary/aromatic N) is 1. The predicted molar refractivity (Wildman–Crippen MR) is 117 cm³/mol. The molecule has 7 heteroatoms. The minimum absolute atomic E-state index is 0.200. The van der Waals surface area contributed by atoms with Crippen LogP contribution in [0.2, 0.25) is 0 Å². The smallest absolute Gasteiger partial charge is 0.340 e. The molecule has 0 atom stereocenters. The molecule has 2 aromatic carbocycles. The second-order valence-corrected chi connectivity index (χ2v) is 6.66.